The van der Waals surface area contributed by atoms with Gasteiger partial charge in [0, 0.05) is 6.07 Å². The molecule has 1 aromatic carbocycles. The highest BCUT2D eigenvalue weighted by Gasteiger charge is 2.18. The van der Waals surface area contributed by atoms with Crippen molar-refractivity contribution in [3.05, 3.63) is 35.2 Å². The number of benzene rings is 1. The molecule has 0 aliphatic heterocycles. The zero-order valence-corrected chi connectivity index (χ0v) is 10.3. The molecule has 0 radical (unpaired) electrons. The van der Waals surface area contributed by atoms with Crippen molar-refractivity contribution in [2.75, 3.05) is 4.72 Å². The first-order valence-corrected chi connectivity index (χ1v) is 6.46. The second kappa shape index (κ2) is 4.46. The number of aromatic hydroxyl groups is 1. The number of phenolic OH excluding ortho intramolecular Hbond substituents is 1. The summed E-state index contributed by atoms with van der Waals surface area (Å²) in [6.07, 6.45) is 1.26. The van der Waals surface area contributed by atoms with Gasteiger partial charge in [-0.15, -0.1) is 0 Å². The van der Waals surface area contributed by atoms with Crippen LogP contribution in [0, 0.1) is 5.82 Å². The number of rotatable bonds is 3. The molecular weight excluding hydrogens is 285 g/mol. The monoisotopic (exact) mass is 291 g/mol. The van der Waals surface area contributed by atoms with Crippen LogP contribution in [0.4, 0.5) is 10.1 Å². The molecule has 18 heavy (non-hydrogen) atoms. The van der Waals surface area contributed by atoms with Gasteiger partial charge in [0.1, 0.15) is 11.6 Å². The van der Waals surface area contributed by atoms with Crippen molar-refractivity contribution in [1.29, 1.82) is 0 Å². The van der Waals surface area contributed by atoms with Gasteiger partial charge in [0.15, 0.2) is 5.03 Å². The second-order valence-electron chi connectivity index (χ2n) is 3.31. The minimum Gasteiger partial charge on any atom is -0.506 e. The Morgan fingerprint density at radius 1 is 1.44 bits per heavy atom. The van der Waals surface area contributed by atoms with Crippen LogP contribution in [-0.2, 0) is 10.0 Å². The molecule has 3 N–H and O–H groups in total. The lowest BCUT2D eigenvalue weighted by Crippen LogP contribution is -2.13. The molecule has 0 unspecified atom stereocenters. The number of phenols is 1. The third-order valence-corrected chi connectivity index (χ3v) is 3.63. The Kier molecular flexibility index (Phi) is 3.14. The number of halogens is 2. The Bertz CT molecular complexity index is 673. The topological polar surface area (TPSA) is 95.1 Å². The maximum Gasteiger partial charge on any atom is 0.278 e. The normalized spacial score (nSPS) is 11.4. The highest BCUT2D eigenvalue weighted by atomic mass is 35.5. The van der Waals surface area contributed by atoms with Crippen LogP contribution in [-0.4, -0.2) is 23.7 Å². The van der Waals surface area contributed by atoms with Gasteiger partial charge in [-0.2, -0.15) is 13.5 Å². The number of aromatic amines is 1. The van der Waals surface area contributed by atoms with E-state index in [1.165, 1.54) is 12.3 Å². The second-order valence-corrected chi connectivity index (χ2v) is 5.37. The van der Waals surface area contributed by atoms with Crippen LogP contribution in [0.5, 0.6) is 5.75 Å². The largest absolute Gasteiger partial charge is 0.506 e. The van der Waals surface area contributed by atoms with Gasteiger partial charge in [-0.25, -0.2) is 4.39 Å². The highest BCUT2D eigenvalue weighted by molar-refractivity contribution is 7.92. The first-order valence-electron chi connectivity index (χ1n) is 4.60. The molecule has 0 atom stereocenters. The average molecular weight is 292 g/mol. The van der Waals surface area contributed by atoms with Crippen LogP contribution in [0.2, 0.25) is 5.02 Å². The van der Waals surface area contributed by atoms with Crippen molar-refractivity contribution in [2.45, 2.75) is 5.03 Å². The number of aromatic nitrogens is 2. The van der Waals surface area contributed by atoms with Crippen LogP contribution in [0.3, 0.4) is 0 Å². The Labute approximate surface area is 106 Å². The summed E-state index contributed by atoms with van der Waals surface area (Å²) in [7, 11) is -3.93. The van der Waals surface area contributed by atoms with E-state index in [1.807, 2.05) is 0 Å². The van der Waals surface area contributed by atoms with E-state index in [1.54, 1.807) is 0 Å². The summed E-state index contributed by atoms with van der Waals surface area (Å²) in [6, 6.07) is 2.91. The number of nitrogens with zero attached hydrogens (tertiary/aromatic N) is 1. The number of sulfonamides is 1. The standard InChI is InChI=1S/C9H7ClFN3O3S/c10-5-3-7(8(15)4-6(5)11)14-18(16,17)9-1-2-12-13-9/h1-4,14-15H,(H,12,13). The molecule has 0 saturated carbocycles. The maximum atomic E-state index is 13.0. The van der Waals surface area contributed by atoms with E-state index in [0.29, 0.717) is 6.07 Å². The van der Waals surface area contributed by atoms with Crippen molar-refractivity contribution in [1.82, 2.24) is 10.2 Å². The number of nitrogens with one attached hydrogen (secondary N) is 2. The fraction of sp³-hybridized carbons (Fsp3) is 0. The van der Waals surface area contributed by atoms with Gasteiger partial charge in [0.25, 0.3) is 10.0 Å². The van der Waals surface area contributed by atoms with E-state index < -0.39 is 21.6 Å². The predicted octanol–water partition coefficient (Wildman–Crippen LogP) is 1.71. The quantitative estimate of drug-likeness (QED) is 0.750. The van der Waals surface area contributed by atoms with E-state index in [0.717, 1.165) is 6.07 Å². The lowest BCUT2D eigenvalue weighted by atomic mass is 10.3. The van der Waals surface area contributed by atoms with Crippen LogP contribution in [0.1, 0.15) is 0 Å². The van der Waals surface area contributed by atoms with Gasteiger partial charge in [-0.1, -0.05) is 11.6 Å². The van der Waals surface area contributed by atoms with E-state index >= 15 is 0 Å². The number of hydrogen-bond acceptors (Lipinski definition) is 4. The Balaban J connectivity index is 2.39. The fourth-order valence-corrected chi connectivity index (χ4v) is 2.35. The molecular formula is C9H7ClFN3O3S. The van der Waals surface area contributed by atoms with Gasteiger partial charge in [0.2, 0.25) is 0 Å². The van der Waals surface area contributed by atoms with Crippen LogP contribution >= 0.6 is 11.6 Å². The van der Waals surface area contributed by atoms with Crippen molar-refractivity contribution in [3.8, 4) is 5.75 Å². The summed E-state index contributed by atoms with van der Waals surface area (Å²) in [5.41, 5.74) is -0.226. The number of H-pyrrole nitrogens is 1. The molecule has 2 rings (SSSR count). The third kappa shape index (κ3) is 2.39. The van der Waals surface area contributed by atoms with Crippen molar-refractivity contribution in [2.24, 2.45) is 0 Å². The minimum absolute atomic E-state index is 0.192. The molecule has 0 aliphatic rings. The van der Waals surface area contributed by atoms with Gasteiger partial charge in [-0.05, 0) is 12.1 Å². The van der Waals surface area contributed by atoms with Crippen molar-refractivity contribution < 1.29 is 17.9 Å². The van der Waals surface area contributed by atoms with Gasteiger partial charge in [-0.3, -0.25) is 9.82 Å². The molecule has 1 aromatic heterocycles. The van der Waals surface area contributed by atoms with Crippen LogP contribution in [0.15, 0.2) is 29.4 Å². The molecule has 0 amide bonds. The molecule has 6 nitrogen and oxygen atoms in total. The number of hydrogen-bond donors (Lipinski definition) is 3. The fourth-order valence-electron chi connectivity index (χ4n) is 1.21. The molecule has 0 bridgehead atoms. The Morgan fingerprint density at radius 3 is 2.78 bits per heavy atom. The molecule has 0 aliphatic carbocycles. The lowest BCUT2D eigenvalue weighted by Gasteiger charge is -2.08. The predicted molar refractivity (Wildman–Crippen MR) is 62.5 cm³/mol. The average Bonchev–Trinajstić information content (AvgIpc) is 2.79. The van der Waals surface area contributed by atoms with E-state index in [4.69, 9.17) is 11.6 Å². The smallest absolute Gasteiger partial charge is 0.278 e. The molecule has 0 fully saturated rings. The van der Waals surface area contributed by atoms with Crippen molar-refractivity contribution >= 4 is 27.3 Å². The van der Waals surface area contributed by atoms with Crippen LogP contribution in [0.25, 0.3) is 0 Å². The minimum atomic E-state index is -3.93. The van der Waals surface area contributed by atoms with Gasteiger partial charge >= 0.3 is 0 Å². The van der Waals surface area contributed by atoms with E-state index in [-0.39, 0.29) is 15.7 Å². The number of anilines is 1. The summed E-state index contributed by atoms with van der Waals surface area (Å²) in [6.45, 7) is 0. The summed E-state index contributed by atoms with van der Waals surface area (Å²) in [5, 5.41) is 14.7. The molecule has 96 valence electrons. The maximum absolute atomic E-state index is 13.0. The van der Waals surface area contributed by atoms with E-state index in [2.05, 4.69) is 14.9 Å². The first-order chi connectivity index (χ1) is 8.40. The summed E-state index contributed by atoms with van der Waals surface area (Å²) in [4.78, 5) is 0. The summed E-state index contributed by atoms with van der Waals surface area (Å²) < 4.78 is 38.6. The third-order valence-electron chi connectivity index (χ3n) is 2.05. The SMILES string of the molecule is O=S(=O)(Nc1cc(Cl)c(F)cc1O)c1ccn[nH]1. The highest BCUT2D eigenvalue weighted by Crippen LogP contribution is 2.30. The van der Waals surface area contributed by atoms with Crippen molar-refractivity contribution in [3.63, 3.8) is 0 Å². The Morgan fingerprint density at radius 2 is 2.17 bits per heavy atom. The molecule has 0 saturated heterocycles. The summed E-state index contributed by atoms with van der Waals surface area (Å²) >= 11 is 5.50. The van der Waals surface area contributed by atoms with Gasteiger partial charge < -0.3 is 5.11 Å². The Hall–Kier alpha value is -1.80. The molecule has 1 heterocycles. The van der Waals surface area contributed by atoms with E-state index in [9.17, 15) is 17.9 Å². The molecule has 0 spiro atoms. The summed E-state index contributed by atoms with van der Waals surface area (Å²) in [5.74, 6) is -1.42. The first kappa shape index (κ1) is 12.7. The zero-order chi connectivity index (χ0) is 13.3. The molecule has 2 aromatic rings. The van der Waals surface area contributed by atoms with Gasteiger partial charge in [0.05, 0.1) is 16.9 Å². The molecule has 9 heteroatoms. The lowest BCUT2D eigenvalue weighted by molar-refractivity contribution is 0.471. The zero-order valence-electron chi connectivity index (χ0n) is 8.68. The van der Waals surface area contributed by atoms with Crippen LogP contribution < -0.4 is 4.72 Å².